The quantitative estimate of drug-likeness (QED) is 0.497. The van der Waals surface area contributed by atoms with Crippen LogP contribution in [0.1, 0.15) is 73.7 Å². The first-order valence-corrected chi connectivity index (χ1v) is 9.49. The third kappa shape index (κ3) is 6.86. The van der Waals surface area contributed by atoms with E-state index in [-0.39, 0.29) is 18.2 Å². The maximum absolute atomic E-state index is 12.2. The molecule has 2 amide bonds. The van der Waals surface area contributed by atoms with Crippen LogP contribution in [-0.4, -0.2) is 29.4 Å². The molecule has 0 aliphatic carbocycles. The standard InChI is InChI=1S/C20H28N2O4/c23-18-14-16-13-15(10-11-17(16)22-18)20(26)21-12-8-6-4-2-1-3-5-7-9-19(24)25/h10-11,13H,1-9,12,14H2,(H,21,26)(H,22,23)(H,24,25). The second kappa shape index (κ2) is 10.6. The van der Waals surface area contributed by atoms with Crippen LogP contribution in [0.2, 0.25) is 0 Å². The van der Waals surface area contributed by atoms with Gasteiger partial charge in [0.1, 0.15) is 0 Å². The molecule has 142 valence electrons. The number of rotatable bonds is 12. The van der Waals surface area contributed by atoms with Gasteiger partial charge >= 0.3 is 5.97 Å². The van der Waals surface area contributed by atoms with E-state index in [4.69, 9.17) is 5.11 Å². The molecule has 0 radical (unpaired) electrons. The zero-order chi connectivity index (χ0) is 18.8. The van der Waals surface area contributed by atoms with Crippen molar-refractivity contribution in [1.29, 1.82) is 0 Å². The van der Waals surface area contributed by atoms with Crippen molar-refractivity contribution in [2.75, 3.05) is 11.9 Å². The summed E-state index contributed by atoms with van der Waals surface area (Å²) >= 11 is 0. The van der Waals surface area contributed by atoms with Crippen LogP contribution < -0.4 is 10.6 Å². The van der Waals surface area contributed by atoms with Gasteiger partial charge in [0.05, 0.1) is 6.42 Å². The number of carboxylic acid groups (broad SMARTS) is 1. The molecular formula is C20H28N2O4. The van der Waals surface area contributed by atoms with Crippen molar-refractivity contribution in [2.24, 2.45) is 0 Å². The highest BCUT2D eigenvalue weighted by Gasteiger charge is 2.18. The first-order chi connectivity index (χ1) is 12.6. The SMILES string of the molecule is O=C(O)CCCCCCCCCCNC(=O)c1ccc2c(c1)CC(=O)N2. The van der Waals surface area contributed by atoms with Gasteiger partial charge in [-0.15, -0.1) is 0 Å². The number of amides is 2. The van der Waals surface area contributed by atoms with Crippen LogP contribution in [0, 0.1) is 0 Å². The number of aliphatic carboxylic acids is 1. The van der Waals surface area contributed by atoms with Gasteiger partial charge in [-0.3, -0.25) is 14.4 Å². The lowest BCUT2D eigenvalue weighted by atomic mass is 10.1. The molecule has 0 saturated carbocycles. The highest BCUT2D eigenvalue weighted by molar-refractivity contribution is 6.01. The molecule has 6 heteroatoms. The molecule has 0 aromatic heterocycles. The van der Waals surface area contributed by atoms with Crippen molar-refractivity contribution in [3.05, 3.63) is 29.3 Å². The topological polar surface area (TPSA) is 95.5 Å². The van der Waals surface area contributed by atoms with Gasteiger partial charge < -0.3 is 15.7 Å². The summed E-state index contributed by atoms with van der Waals surface area (Å²) in [5.41, 5.74) is 2.28. The molecule has 1 aromatic rings. The number of benzene rings is 1. The van der Waals surface area contributed by atoms with Crippen molar-refractivity contribution in [2.45, 2.75) is 64.2 Å². The van der Waals surface area contributed by atoms with Crippen LogP contribution in [0.4, 0.5) is 5.69 Å². The van der Waals surface area contributed by atoms with Crippen molar-refractivity contribution < 1.29 is 19.5 Å². The van der Waals surface area contributed by atoms with Crippen molar-refractivity contribution in [1.82, 2.24) is 5.32 Å². The minimum absolute atomic E-state index is 0.0283. The Bertz CT molecular complexity index is 643. The second-order valence-electron chi connectivity index (χ2n) is 6.82. The van der Waals surface area contributed by atoms with E-state index in [9.17, 15) is 14.4 Å². The monoisotopic (exact) mass is 360 g/mol. The minimum atomic E-state index is -0.711. The Hall–Kier alpha value is -2.37. The number of anilines is 1. The smallest absolute Gasteiger partial charge is 0.303 e. The summed E-state index contributed by atoms with van der Waals surface area (Å²) in [6.07, 6.45) is 8.96. The van der Waals surface area contributed by atoms with E-state index in [0.29, 0.717) is 18.5 Å². The first kappa shape index (κ1) is 19.9. The summed E-state index contributed by atoms with van der Waals surface area (Å²) in [6.45, 7) is 0.658. The van der Waals surface area contributed by atoms with Gasteiger partial charge in [-0.05, 0) is 36.6 Å². The molecule has 0 fully saturated rings. The van der Waals surface area contributed by atoms with E-state index < -0.39 is 5.97 Å². The van der Waals surface area contributed by atoms with E-state index in [0.717, 1.165) is 62.6 Å². The van der Waals surface area contributed by atoms with Gasteiger partial charge in [-0.25, -0.2) is 0 Å². The normalized spacial score (nSPS) is 12.5. The fourth-order valence-corrected chi connectivity index (χ4v) is 3.14. The van der Waals surface area contributed by atoms with Crippen LogP contribution in [0.3, 0.4) is 0 Å². The van der Waals surface area contributed by atoms with Crippen LogP contribution in [0.15, 0.2) is 18.2 Å². The summed E-state index contributed by atoms with van der Waals surface area (Å²) in [5.74, 6) is -0.831. The second-order valence-corrected chi connectivity index (χ2v) is 6.82. The number of carbonyl (C=O) groups is 3. The number of nitrogens with one attached hydrogen (secondary N) is 2. The Morgan fingerprint density at radius 2 is 1.65 bits per heavy atom. The highest BCUT2D eigenvalue weighted by Crippen LogP contribution is 2.23. The Morgan fingerprint density at radius 1 is 1.00 bits per heavy atom. The predicted molar refractivity (Wildman–Crippen MR) is 100 cm³/mol. The Labute approximate surface area is 154 Å². The molecular weight excluding hydrogens is 332 g/mol. The van der Waals surface area contributed by atoms with E-state index in [2.05, 4.69) is 10.6 Å². The fourth-order valence-electron chi connectivity index (χ4n) is 3.14. The van der Waals surface area contributed by atoms with Gasteiger partial charge in [0.2, 0.25) is 5.91 Å². The van der Waals surface area contributed by atoms with Crippen LogP contribution in [0.25, 0.3) is 0 Å². The molecule has 26 heavy (non-hydrogen) atoms. The third-order valence-corrected chi connectivity index (χ3v) is 4.60. The number of carbonyl (C=O) groups excluding carboxylic acids is 2. The molecule has 0 unspecified atom stereocenters. The molecule has 0 atom stereocenters. The number of carboxylic acids is 1. The van der Waals surface area contributed by atoms with E-state index in [1.165, 1.54) is 0 Å². The van der Waals surface area contributed by atoms with E-state index in [1.807, 2.05) is 0 Å². The van der Waals surface area contributed by atoms with Gasteiger partial charge in [-0.2, -0.15) is 0 Å². The lowest BCUT2D eigenvalue weighted by Crippen LogP contribution is -2.24. The van der Waals surface area contributed by atoms with E-state index >= 15 is 0 Å². The molecule has 1 aromatic carbocycles. The Balaban J connectivity index is 1.50. The zero-order valence-corrected chi connectivity index (χ0v) is 15.2. The van der Waals surface area contributed by atoms with Crippen molar-refractivity contribution in [3.63, 3.8) is 0 Å². The van der Waals surface area contributed by atoms with E-state index in [1.54, 1.807) is 18.2 Å². The average molecular weight is 360 g/mol. The van der Waals surface area contributed by atoms with Gasteiger partial charge in [0.15, 0.2) is 0 Å². The summed E-state index contributed by atoms with van der Waals surface area (Å²) in [6, 6.07) is 5.31. The molecule has 1 aliphatic heterocycles. The van der Waals surface area contributed by atoms with Crippen LogP contribution in [-0.2, 0) is 16.0 Å². The summed E-state index contributed by atoms with van der Waals surface area (Å²) in [4.78, 5) is 33.9. The summed E-state index contributed by atoms with van der Waals surface area (Å²) < 4.78 is 0. The first-order valence-electron chi connectivity index (χ1n) is 9.49. The molecule has 6 nitrogen and oxygen atoms in total. The number of fused-ring (bicyclic) bond motifs is 1. The Kier molecular flexibility index (Phi) is 8.12. The van der Waals surface area contributed by atoms with Gasteiger partial charge in [-0.1, -0.05) is 38.5 Å². The third-order valence-electron chi connectivity index (χ3n) is 4.60. The molecule has 1 aliphatic rings. The summed E-state index contributed by atoms with van der Waals surface area (Å²) in [7, 11) is 0. The average Bonchev–Trinajstić information content (AvgIpc) is 2.98. The molecule has 0 bridgehead atoms. The van der Waals surface area contributed by atoms with Crippen molar-refractivity contribution in [3.8, 4) is 0 Å². The molecule has 2 rings (SSSR count). The maximum Gasteiger partial charge on any atom is 0.303 e. The Morgan fingerprint density at radius 3 is 2.35 bits per heavy atom. The molecule has 1 heterocycles. The fraction of sp³-hybridized carbons (Fsp3) is 0.550. The molecule has 3 N–H and O–H groups in total. The lowest BCUT2D eigenvalue weighted by Gasteiger charge is -2.07. The number of hydrogen-bond donors (Lipinski definition) is 3. The van der Waals surface area contributed by atoms with Crippen molar-refractivity contribution >= 4 is 23.5 Å². The summed E-state index contributed by atoms with van der Waals surface area (Å²) in [5, 5.41) is 14.2. The van der Waals surface area contributed by atoms with Gasteiger partial charge in [0.25, 0.3) is 5.91 Å². The molecule has 0 saturated heterocycles. The highest BCUT2D eigenvalue weighted by atomic mass is 16.4. The maximum atomic E-state index is 12.2. The number of hydrogen-bond acceptors (Lipinski definition) is 3. The number of unbranched alkanes of at least 4 members (excludes halogenated alkanes) is 7. The largest absolute Gasteiger partial charge is 0.481 e. The van der Waals surface area contributed by atoms with Crippen LogP contribution in [0.5, 0.6) is 0 Å². The predicted octanol–water partition coefficient (Wildman–Crippen LogP) is 3.51. The van der Waals surface area contributed by atoms with Gasteiger partial charge in [0, 0.05) is 24.2 Å². The minimum Gasteiger partial charge on any atom is -0.481 e. The zero-order valence-electron chi connectivity index (χ0n) is 15.2. The van der Waals surface area contributed by atoms with Crippen LogP contribution >= 0.6 is 0 Å². The lowest BCUT2D eigenvalue weighted by molar-refractivity contribution is -0.137. The molecule has 0 spiro atoms.